The Morgan fingerprint density at radius 2 is 1.52 bits per heavy atom. The average molecular weight is 294 g/mol. The van der Waals surface area contributed by atoms with E-state index in [-0.39, 0.29) is 0 Å². The van der Waals surface area contributed by atoms with Crippen LogP contribution in [0.5, 0.6) is 0 Å². The monoisotopic (exact) mass is 294 g/mol. The first-order valence-electron chi connectivity index (χ1n) is 9.49. The number of hydrogen-bond donors (Lipinski definition) is 3. The Morgan fingerprint density at radius 3 is 2.29 bits per heavy atom. The predicted octanol–water partition coefficient (Wildman–Crippen LogP) is 2.83. The van der Waals surface area contributed by atoms with Gasteiger partial charge in [0.25, 0.3) is 0 Å². The minimum Gasteiger partial charge on any atom is -0.396 e. The van der Waals surface area contributed by atoms with Crippen LogP contribution in [0.15, 0.2) is 0 Å². The Kier molecular flexibility index (Phi) is 5.96. The van der Waals surface area contributed by atoms with Crippen LogP contribution in [-0.2, 0) is 0 Å². The van der Waals surface area contributed by atoms with Crippen molar-refractivity contribution in [3.05, 3.63) is 0 Å². The van der Waals surface area contributed by atoms with Gasteiger partial charge in [0.15, 0.2) is 0 Å². The summed E-state index contributed by atoms with van der Waals surface area (Å²) in [5, 5.41) is 17.5. The fraction of sp³-hybridized carbons (Fsp3) is 1.00. The summed E-state index contributed by atoms with van der Waals surface area (Å²) in [5.74, 6) is 1.32. The minimum absolute atomic E-state index is 0.372. The highest BCUT2D eigenvalue weighted by atomic mass is 16.3. The highest BCUT2D eigenvalue weighted by Crippen LogP contribution is 2.33. The van der Waals surface area contributed by atoms with E-state index in [0.717, 1.165) is 12.0 Å². The fourth-order valence-corrected chi connectivity index (χ4v) is 5.01. The molecule has 3 nitrogen and oxygen atoms in total. The van der Waals surface area contributed by atoms with Crippen molar-refractivity contribution in [1.29, 1.82) is 0 Å². The maximum Gasteiger partial charge on any atom is 0.0474 e. The van der Waals surface area contributed by atoms with Crippen molar-refractivity contribution < 1.29 is 5.11 Å². The molecule has 3 N–H and O–H groups in total. The topological polar surface area (TPSA) is 44.3 Å². The van der Waals surface area contributed by atoms with E-state index in [2.05, 4.69) is 10.6 Å². The normalized spacial score (nSPS) is 41.9. The molecule has 1 heterocycles. The lowest BCUT2D eigenvalue weighted by atomic mass is 9.76. The molecule has 0 aromatic rings. The molecule has 21 heavy (non-hydrogen) atoms. The Balaban J connectivity index is 1.60. The lowest BCUT2D eigenvalue weighted by Gasteiger charge is -2.43. The highest BCUT2D eigenvalue weighted by molar-refractivity contribution is 4.93. The van der Waals surface area contributed by atoms with E-state index in [9.17, 15) is 5.11 Å². The van der Waals surface area contributed by atoms with Gasteiger partial charge in [-0.2, -0.15) is 0 Å². The van der Waals surface area contributed by atoms with Crippen molar-refractivity contribution in [2.75, 3.05) is 13.2 Å². The third kappa shape index (κ3) is 4.00. The number of aliphatic hydroxyl groups is 1. The van der Waals surface area contributed by atoms with E-state index in [4.69, 9.17) is 0 Å². The number of hydrogen-bond acceptors (Lipinski definition) is 3. The fourth-order valence-electron chi connectivity index (χ4n) is 5.01. The van der Waals surface area contributed by atoms with Gasteiger partial charge in [0.2, 0.25) is 0 Å². The molecule has 0 bridgehead atoms. The molecule has 1 saturated heterocycles. The van der Waals surface area contributed by atoms with Crippen LogP contribution in [0.2, 0.25) is 0 Å². The van der Waals surface area contributed by atoms with Crippen LogP contribution in [0.3, 0.4) is 0 Å². The quantitative estimate of drug-likeness (QED) is 0.747. The minimum atomic E-state index is 0.372. The van der Waals surface area contributed by atoms with Crippen molar-refractivity contribution in [3.63, 3.8) is 0 Å². The zero-order valence-corrected chi connectivity index (χ0v) is 13.5. The highest BCUT2D eigenvalue weighted by Gasteiger charge is 2.35. The third-order valence-corrected chi connectivity index (χ3v) is 6.26. The number of aliphatic hydroxyl groups excluding tert-OH is 1. The molecule has 0 aromatic heterocycles. The van der Waals surface area contributed by atoms with Crippen LogP contribution in [0.4, 0.5) is 0 Å². The van der Waals surface area contributed by atoms with Crippen LogP contribution in [0.1, 0.15) is 70.6 Å². The van der Waals surface area contributed by atoms with E-state index >= 15 is 0 Å². The molecule has 5 unspecified atom stereocenters. The summed E-state index contributed by atoms with van der Waals surface area (Å²) >= 11 is 0. The maximum absolute atomic E-state index is 9.65. The van der Waals surface area contributed by atoms with Crippen LogP contribution in [0.25, 0.3) is 0 Å². The molecular weight excluding hydrogens is 260 g/mol. The molecular formula is C18H34N2O. The first-order valence-corrected chi connectivity index (χ1v) is 9.49. The van der Waals surface area contributed by atoms with Crippen molar-refractivity contribution in [2.24, 2.45) is 11.8 Å². The van der Waals surface area contributed by atoms with E-state index < -0.39 is 0 Å². The number of nitrogens with one attached hydrogen (secondary N) is 2. The van der Waals surface area contributed by atoms with E-state index in [1.807, 2.05) is 0 Å². The summed E-state index contributed by atoms with van der Waals surface area (Å²) in [6, 6.07) is 2.00. The molecule has 0 aromatic carbocycles. The molecule has 0 amide bonds. The smallest absolute Gasteiger partial charge is 0.0474 e. The maximum atomic E-state index is 9.65. The third-order valence-electron chi connectivity index (χ3n) is 6.26. The largest absolute Gasteiger partial charge is 0.396 e. The number of rotatable bonds is 4. The van der Waals surface area contributed by atoms with E-state index in [1.54, 1.807) is 0 Å². The van der Waals surface area contributed by atoms with Crippen LogP contribution < -0.4 is 10.6 Å². The van der Waals surface area contributed by atoms with Crippen LogP contribution in [-0.4, -0.2) is 36.4 Å². The molecule has 2 saturated carbocycles. The van der Waals surface area contributed by atoms with Gasteiger partial charge >= 0.3 is 0 Å². The first kappa shape index (κ1) is 15.8. The average Bonchev–Trinajstić information content (AvgIpc) is 2.57. The molecule has 0 spiro atoms. The molecule has 5 atom stereocenters. The van der Waals surface area contributed by atoms with Gasteiger partial charge in [-0.3, -0.25) is 0 Å². The summed E-state index contributed by atoms with van der Waals surface area (Å²) in [5.41, 5.74) is 0. The standard InChI is InChI=1S/C18H34N2O/c21-13-14-7-1-3-9-16(14)20-18-11-4-2-8-15(18)17-10-5-6-12-19-17/h14-21H,1-13H2. The van der Waals surface area contributed by atoms with Gasteiger partial charge in [-0.15, -0.1) is 0 Å². The van der Waals surface area contributed by atoms with E-state index in [1.165, 1.54) is 77.2 Å². The van der Waals surface area contributed by atoms with Crippen molar-refractivity contribution in [3.8, 4) is 0 Å². The summed E-state index contributed by atoms with van der Waals surface area (Å²) < 4.78 is 0. The first-order chi connectivity index (χ1) is 10.4. The van der Waals surface area contributed by atoms with Crippen LogP contribution >= 0.6 is 0 Å². The molecule has 0 radical (unpaired) electrons. The second kappa shape index (κ2) is 7.94. The summed E-state index contributed by atoms with van der Waals surface area (Å²) in [4.78, 5) is 0. The lowest BCUT2D eigenvalue weighted by Crippen LogP contribution is -2.54. The van der Waals surface area contributed by atoms with Gasteiger partial charge in [-0.05, 0) is 56.9 Å². The molecule has 3 fully saturated rings. The van der Waals surface area contributed by atoms with Gasteiger partial charge in [0, 0.05) is 24.7 Å². The van der Waals surface area contributed by atoms with Gasteiger partial charge in [-0.1, -0.05) is 32.1 Å². The second-order valence-corrected chi connectivity index (χ2v) is 7.61. The predicted molar refractivity (Wildman–Crippen MR) is 87.4 cm³/mol. The van der Waals surface area contributed by atoms with Crippen molar-refractivity contribution >= 4 is 0 Å². The van der Waals surface area contributed by atoms with Crippen molar-refractivity contribution in [1.82, 2.24) is 10.6 Å². The Morgan fingerprint density at radius 1 is 0.810 bits per heavy atom. The summed E-state index contributed by atoms with van der Waals surface area (Å²) in [6.45, 7) is 1.59. The van der Waals surface area contributed by atoms with Gasteiger partial charge < -0.3 is 15.7 Å². The molecule has 122 valence electrons. The van der Waals surface area contributed by atoms with Crippen LogP contribution in [0, 0.1) is 11.8 Å². The van der Waals surface area contributed by atoms with E-state index in [0.29, 0.717) is 24.6 Å². The Bertz CT molecular complexity index is 304. The van der Waals surface area contributed by atoms with Crippen molar-refractivity contribution in [2.45, 2.75) is 88.8 Å². The second-order valence-electron chi connectivity index (χ2n) is 7.61. The summed E-state index contributed by atoms with van der Waals surface area (Å²) in [6.07, 6.45) is 14.8. The Labute approximate surface area is 130 Å². The summed E-state index contributed by atoms with van der Waals surface area (Å²) in [7, 11) is 0. The SMILES string of the molecule is OCC1CCCCC1NC1CCCCC1C1CCCCN1. The molecule has 3 heteroatoms. The zero-order valence-electron chi connectivity index (χ0n) is 13.5. The molecule has 3 aliphatic rings. The number of piperidine rings is 1. The van der Waals surface area contributed by atoms with Gasteiger partial charge in [-0.25, -0.2) is 0 Å². The lowest BCUT2D eigenvalue weighted by molar-refractivity contribution is 0.114. The van der Waals surface area contributed by atoms with Gasteiger partial charge in [0.1, 0.15) is 0 Å². The Hall–Kier alpha value is -0.120. The molecule has 2 aliphatic carbocycles. The molecule has 3 rings (SSSR count). The van der Waals surface area contributed by atoms with Gasteiger partial charge in [0.05, 0.1) is 0 Å². The molecule has 1 aliphatic heterocycles. The zero-order chi connectivity index (χ0) is 14.5.